The molecular weight excluding hydrogens is 421 g/mol. The molecule has 1 saturated heterocycles. The SMILES string of the molecule is C[n+]1ccccc1COC(=O)/C(=C1/NCCCS1)[N+](=O)[O-].[I-]. The molecule has 120 valence electrons. The first-order chi connectivity index (χ1) is 10.1. The number of hydrogen-bond acceptors (Lipinski definition) is 6. The summed E-state index contributed by atoms with van der Waals surface area (Å²) in [5.41, 5.74) is 0.237. The molecule has 1 aromatic heterocycles. The second kappa shape index (κ2) is 8.93. The zero-order valence-electron chi connectivity index (χ0n) is 12.0. The van der Waals surface area contributed by atoms with E-state index in [1.807, 2.05) is 25.4 Å². The van der Waals surface area contributed by atoms with Gasteiger partial charge in [-0.2, -0.15) is 0 Å². The molecule has 9 heteroatoms. The number of nitro groups is 1. The maximum absolute atomic E-state index is 12.0. The largest absolute Gasteiger partial charge is 1.00 e. The van der Waals surface area contributed by atoms with E-state index in [1.165, 1.54) is 11.8 Å². The van der Waals surface area contributed by atoms with Crippen LogP contribution in [0.5, 0.6) is 0 Å². The number of ether oxygens (including phenoxy) is 1. The van der Waals surface area contributed by atoms with Crippen molar-refractivity contribution in [1.29, 1.82) is 0 Å². The van der Waals surface area contributed by atoms with Crippen LogP contribution in [0.1, 0.15) is 12.1 Å². The molecule has 0 bridgehead atoms. The molecule has 2 heterocycles. The number of pyridine rings is 1. The molecule has 2 rings (SSSR count). The lowest BCUT2D eigenvalue weighted by atomic mass is 10.3. The van der Waals surface area contributed by atoms with Crippen molar-refractivity contribution < 1.29 is 43.0 Å². The Morgan fingerprint density at radius 3 is 2.91 bits per heavy atom. The van der Waals surface area contributed by atoms with E-state index in [1.54, 1.807) is 10.6 Å². The number of esters is 1. The summed E-state index contributed by atoms with van der Waals surface area (Å²) in [6.07, 6.45) is 2.72. The molecule has 22 heavy (non-hydrogen) atoms. The normalized spacial score (nSPS) is 16.0. The van der Waals surface area contributed by atoms with Crippen LogP contribution in [0.25, 0.3) is 0 Å². The summed E-state index contributed by atoms with van der Waals surface area (Å²) in [6.45, 7) is 0.617. The maximum atomic E-state index is 12.0. The van der Waals surface area contributed by atoms with Crippen molar-refractivity contribution in [1.82, 2.24) is 5.32 Å². The van der Waals surface area contributed by atoms with Crippen LogP contribution in [-0.2, 0) is 23.2 Å². The summed E-state index contributed by atoms with van der Waals surface area (Å²) in [4.78, 5) is 22.4. The third-order valence-corrected chi connectivity index (χ3v) is 4.08. The van der Waals surface area contributed by atoms with Gasteiger partial charge < -0.3 is 34.0 Å². The van der Waals surface area contributed by atoms with Gasteiger partial charge in [0.2, 0.25) is 5.69 Å². The quantitative estimate of drug-likeness (QED) is 0.143. The average molecular weight is 437 g/mol. The highest BCUT2D eigenvalue weighted by molar-refractivity contribution is 8.03. The highest BCUT2D eigenvalue weighted by Crippen LogP contribution is 2.23. The number of rotatable bonds is 4. The number of aromatic nitrogens is 1. The van der Waals surface area contributed by atoms with Crippen molar-refractivity contribution in [2.45, 2.75) is 13.0 Å². The number of halogens is 1. The fourth-order valence-corrected chi connectivity index (χ4v) is 2.81. The van der Waals surface area contributed by atoms with Gasteiger partial charge in [0.05, 0.1) is 4.92 Å². The fraction of sp³-hybridized carbons (Fsp3) is 0.385. The van der Waals surface area contributed by atoms with E-state index < -0.39 is 16.6 Å². The van der Waals surface area contributed by atoms with Crippen molar-refractivity contribution >= 4 is 17.7 Å². The molecule has 0 unspecified atom stereocenters. The number of aryl methyl sites for hydroxylation is 1. The Kier molecular flexibility index (Phi) is 7.59. The second-order valence-corrected chi connectivity index (χ2v) is 5.55. The Hall–Kier alpha value is -1.36. The van der Waals surface area contributed by atoms with Crippen LogP contribution < -0.4 is 33.9 Å². The molecule has 1 aliphatic rings. The predicted molar refractivity (Wildman–Crippen MR) is 76.5 cm³/mol. The van der Waals surface area contributed by atoms with Crippen molar-refractivity contribution in [3.8, 4) is 0 Å². The highest BCUT2D eigenvalue weighted by Gasteiger charge is 2.31. The van der Waals surface area contributed by atoms with E-state index in [0.717, 1.165) is 17.9 Å². The van der Waals surface area contributed by atoms with Gasteiger partial charge in [-0.25, -0.2) is 9.36 Å². The fourth-order valence-electron chi connectivity index (χ4n) is 1.82. The van der Waals surface area contributed by atoms with Crippen molar-refractivity contribution in [3.05, 3.63) is 50.9 Å². The number of thioether (sulfide) groups is 1. The van der Waals surface area contributed by atoms with E-state index in [9.17, 15) is 14.9 Å². The lowest BCUT2D eigenvalue weighted by molar-refractivity contribution is -0.681. The maximum Gasteiger partial charge on any atom is 0.413 e. The number of hydrogen-bond donors (Lipinski definition) is 1. The summed E-state index contributed by atoms with van der Waals surface area (Å²) in [5, 5.41) is 14.3. The third kappa shape index (κ3) is 4.83. The molecule has 0 spiro atoms. The van der Waals surface area contributed by atoms with Crippen LogP contribution in [0, 0.1) is 10.1 Å². The summed E-state index contributed by atoms with van der Waals surface area (Å²) in [6, 6.07) is 5.45. The van der Waals surface area contributed by atoms with Gasteiger partial charge in [-0.3, -0.25) is 10.1 Å². The molecule has 0 aliphatic carbocycles. The Labute approximate surface area is 149 Å². The molecule has 1 aromatic rings. The minimum Gasteiger partial charge on any atom is -1.00 e. The lowest BCUT2D eigenvalue weighted by Gasteiger charge is -2.15. The molecule has 1 N–H and O–H groups in total. The minimum absolute atomic E-state index is 0. The highest BCUT2D eigenvalue weighted by atomic mass is 127. The van der Waals surface area contributed by atoms with Gasteiger partial charge in [-0.1, -0.05) is 0 Å². The van der Waals surface area contributed by atoms with Gasteiger partial charge in [-0.15, -0.1) is 11.8 Å². The lowest BCUT2D eigenvalue weighted by Crippen LogP contribution is -3.00. The van der Waals surface area contributed by atoms with E-state index in [0.29, 0.717) is 6.54 Å². The van der Waals surface area contributed by atoms with Crippen molar-refractivity contribution in [2.75, 3.05) is 12.3 Å². The molecule has 1 aliphatic heterocycles. The van der Waals surface area contributed by atoms with E-state index in [4.69, 9.17) is 4.74 Å². The molecular formula is C13H16IN3O4S. The van der Waals surface area contributed by atoms with E-state index in [2.05, 4.69) is 5.32 Å². The number of nitrogens with one attached hydrogen (secondary N) is 1. The monoisotopic (exact) mass is 437 g/mol. The van der Waals surface area contributed by atoms with Gasteiger partial charge in [0.25, 0.3) is 0 Å². The summed E-state index contributed by atoms with van der Waals surface area (Å²) in [5.74, 6) is -0.165. The number of carbonyl (C=O) groups excluding carboxylic acids is 1. The first kappa shape index (κ1) is 18.7. The first-order valence-corrected chi connectivity index (χ1v) is 7.44. The Morgan fingerprint density at radius 2 is 2.32 bits per heavy atom. The Bertz CT molecular complexity index is 586. The Morgan fingerprint density at radius 1 is 1.55 bits per heavy atom. The van der Waals surface area contributed by atoms with Crippen LogP contribution >= 0.6 is 11.8 Å². The minimum atomic E-state index is -0.916. The molecule has 0 aromatic carbocycles. The molecule has 1 fully saturated rings. The van der Waals surface area contributed by atoms with Gasteiger partial charge >= 0.3 is 11.7 Å². The van der Waals surface area contributed by atoms with Gasteiger partial charge in [0, 0.05) is 24.4 Å². The predicted octanol–water partition coefficient (Wildman–Crippen LogP) is -2.27. The smallest absolute Gasteiger partial charge is 0.413 e. The topological polar surface area (TPSA) is 85.3 Å². The standard InChI is InChI=1S/C13H15N3O4S.HI/c1-15-7-3-2-5-10(15)9-20-13(17)11(16(18)19)12-14-6-4-8-21-12;/h2-3,5,7H,4,6,8-9H2,1H3;1H. The molecule has 0 radical (unpaired) electrons. The van der Waals surface area contributed by atoms with Gasteiger partial charge in [-0.05, 0) is 12.5 Å². The zero-order chi connectivity index (χ0) is 15.2. The third-order valence-electron chi connectivity index (χ3n) is 2.96. The summed E-state index contributed by atoms with van der Waals surface area (Å²) in [7, 11) is 1.81. The molecule has 0 atom stereocenters. The van der Waals surface area contributed by atoms with Crippen LogP contribution in [0.4, 0.5) is 0 Å². The number of carbonyl (C=O) groups is 1. The van der Waals surface area contributed by atoms with Gasteiger partial charge in [0.15, 0.2) is 17.8 Å². The zero-order valence-corrected chi connectivity index (χ0v) is 14.9. The average Bonchev–Trinajstić information content (AvgIpc) is 2.47. The second-order valence-electron chi connectivity index (χ2n) is 4.44. The molecule has 0 amide bonds. The van der Waals surface area contributed by atoms with E-state index >= 15 is 0 Å². The first-order valence-electron chi connectivity index (χ1n) is 6.45. The van der Waals surface area contributed by atoms with Crippen molar-refractivity contribution in [2.24, 2.45) is 7.05 Å². The van der Waals surface area contributed by atoms with E-state index in [-0.39, 0.29) is 35.6 Å². The number of nitrogens with zero attached hydrogens (tertiary/aromatic N) is 2. The van der Waals surface area contributed by atoms with Crippen LogP contribution in [0.2, 0.25) is 0 Å². The summed E-state index contributed by atoms with van der Waals surface area (Å²) >= 11 is 1.27. The molecule has 0 saturated carbocycles. The van der Waals surface area contributed by atoms with Gasteiger partial charge in [0.1, 0.15) is 7.05 Å². The summed E-state index contributed by atoms with van der Waals surface area (Å²) < 4.78 is 6.86. The molecule has 7 nitrogen and oxygen atoms in total. The van der Waals surface area contributed by atoms with Crippen molar-refractivity contribution in [3.63, 3.8) is 0 Å². The van der Waals surface area contributed by atoms with Crippen LogP contribution in [0.3, 0.4) is 0 Å². The Balaban J connectivity index is 0.00000242. The van der Waals surface area contributed by atoms with Crippen LogP contribution in [-0.4, -0.2) is 23.2 Å². The van der Waals surface area contributed by atoms with Crippen LogP contribution in [0.15, 0.2) is 35.1 Å².